The monoisotopic (exact) mass is 438 g/mol. The first-order valence-corrected chi connectivity index (χ1v) is 11.2. The molecule has 0 unspecified atom stereocenters. The Bertz CT molecular complexity index is 1160. The number of ether oxygens (including phenoxy) is 2. The van der Waals surface area contributed by atoms with Crippen LogP contribution in [0.2, 0.25) is 0 Å². The Morgan fingerprint density at radius 1 is 0.485 bits per heavy atom. The molecule has 0 fully saturated rings. The first-order chi connectivity index (χ1) is 16.3. The van der Waals surface area contributed by atoms with Gasteiger partial charge in [-0.05, 0) is 34.4 Å². The highest BCUT2D eigenvalue weighted by molar-refractivity contribution is 5.87. The van der Waals surface area contributed by atoms with E-state index in [1.54, 1.807) is 0 Å². The second kappa shape index (κ2) is 9.10. The Morgan fingerprint density at radius 3 is 1.27 bits per heavy atom. The fraction of sp³-hybridized carbons (Fsp3) is 0.172. The van der Waals surface area contributed by atoms with E-state index in [4.69, 9.17) is 9.47 Å². The molecule has 4 heteroatoms. The lowest BCUT2D eigenvalue weighted by atomic mass is 9.67. The normalized spacial score (nSPS) is 13.3. The van der Waals surface area contributed by atoms with Gasteiger partial charge in [0.1, 0.15) is 24.7 Å². The highest BCUT2D eigenvalue weighted by Gasteiger charge is 2.48. The molecular weight excluding hydrogens is 412 g/mol. The topological polar surface area (TPSA) is 58.9 Å². The molecule has 0 heterocycles. The molecule has 4 nitrogen and oxygen atoms in total. The second-order valence-corrected chi connectivity index (χ2v) is 7.98. The van der Waals surface area contributed by atoms with Crippen LogP contribution in [0.5, 0.6) is 11.5 Å². The minimum Gasteiger partial charge on any atom is -0.491 e. The minimum absolute atomic E-state index is 0.0648. The minimum atomic E-state index is -0.689. The fourth-order valence-electron chi connectivity index (χ4n) is 5.08. The number of benzene rings is 4. The van der Waals surface area contributed by atoms with E-state index in [0.29, 0.717) is 0 Å². The van der Waals surface area contributed by atoms with Gasteiger partial charge in [-0.3, -0.25) is 0 Å². The summed E-state index contributed by atoms with van der Waals surface area (Å²) >= 11 is 0. The van der Waals surface area contributed by atoms with Crippen LogP contribution in [0, 0.1) is 0 Å². The van der Waals surface area contributed by atoms with Crippen molar-refractivity contribution in [1.29, 1.82) is 0 Å². The average Bonchev–Trinajstić information content (AvgIpc) is 3.18. The van der Waals surface area contributed by atoms with Gasteiger partial charge in [0, 0.05) is 11.1 Å². The summed E-state index contributed by atoms with van der Waals surface area (Å²) in [5.74, 6) is 1.44. The number of aliphatic hydroxyl groups is 2. The molecule has 1 aliphatic carbocycles. The fourth-order valence-corrected chi connectivity index (χ4v) is 5.08. The number of fused-ring (bicyclic) bond motifs is 3. The maximum absolute atomic E-state index is 9.45. The Kier molecular flexibility index (Phi) is 5.86. The molecule has 166 valence electrons. The molecule has 1 aliphatic rings. The Labute approximate surface area is 193 Å². The van der Waals surface area contributed by atoms with Crippen LogP contribution >= 0.6 is 0 Å². The molecular formula is C29H26O4. The molecule has 0 atom stereocenters. The van der Waals surface area contributed by atoms with Crippen LogP contribution < -0.4 is 9.47 Å². The van der Waals surface area contributed by atoms with Crippen molar-refractivity contribution in [3.8, 4) is 22.6 Å². The van der Waals surface area contributed by atoms with Gasteiger partial charge in [0.25, 0.3) is 0 Å². The Hall–Kier alpha value is -3.60. The second-order valence-electron chi connectivity index (χ2n) is 7.98. The van der Waals surface area contributed by atoms with Gasteiger partial charge in [-0.25, -0.2) is 0 Å². The summed E-state index contributed by atoms with van der Waals surface area (Å²) in [4.78, 5) is 0. The number of aliphatic hydroxyl groups excluding tert-OH is 2. The summed E-state index contributed by atoms with van der Waals surface area (Å²) in [5, 5.41) is 18.9. The lowest BCUT2D eigenvalue weighted by molar-refractivity contribution is 0.197. The zero-order valence-electron chi connectivity index (χ0n) is 18.3. The molecule has 0 spiro atoms. The van der Waals surface area contributed by atoms with Crippen molar-refractivity contribution in [2.45, 2.75) is 5.41 Å². The van der Waals surface area contributed by atoms with E-state index in [9.17, 15) is 10.2 Å². The van der Waals surface area contributed by atoms with Gasteiger partial charge in [-0.15, -0.1) is 0 Å². The molecule has 0 aromatic heterocycles. The van der Waals surface area contributed by atoms with Crippen molar-refractivity contribution < 1.29 is 19.7 Å². The third kappa shape index (κ3) is 3.39. The van der Waals surface area contributed by atoms with Gasteiger partial charge in [0.2, 0.25) is 0 Å². The van der Waals surface area contributed by atoms with E-state index in [0.717, 1.165) is 33.8 Å². The van der Waals surface area contributed by atoms with E-state index < -0.39 is 5.41 Å². The number of hydrogen-bond donors (Lipinski definition) is 2. The van der Waals surface area contributed by atoms with Crippen LogP contribution in [0.4, 0.5) is 0 Å². The SMILES string of the molecule is OCCOc1ccccc1C1(c2ccccc2OCCO)c2ccccc2-c2ccccc21. The van der Waals surface area contributed by atoms with Gasteiger partial charge in [-0.1, -0.05) is 84.9 Å². The lowest BCUT2D eigenvalue weighted by Crippen LogP contribution is -2.30. The maximum atomic E-state index is 9.45. The van der Waals surface area contributed by atoms with Crippen molar-refractivity contribution in [3.63, 3.8) is 0 Å². The molecule has 0 amide bonds. The van der Waals surface area contributed by atoms with E-state index in [1.807, 2.05) is 36.4 Å². The van der Waals surface area contributed by atoms with E-state index >= 15 is 0 Å². The summed E-state index contributed by atoms with van der Waals surface area (Å²) in [6, 6.07) is 32.9. The van der Waals surface area contributed by atoms with Crippen LogP contribution in [-0.2, 0) is 5.41 Å². The predicted octanol–water partition coefficient (Wildman–Crippen LogP) is 4.79. The van der Waals surface area contributed by atoms with Crippen LogP contribution in [0.25, 0.3) is 11.1 Å². The first kappa shape index (κ1) is 21.3. The first-order valence-electron chi connectivity index (χ1n) is 11.2. The summed E-state index contributed by atoms with van der Waals surface area (Å²) in [5.41, 5.74) is 5.90. The summed E-state index contributed by atoms with van der Waals surface area (Å²) in [6.45, 7) is 0.285. The molecule has 4 aromatic rings. The van der Waals surface area contributed by atoms with E-state index in [-0.39, 0.29) is 26.4 Å². The summed E-state index contributed by atoms with van der Waals surface area (Å²) in [7, 11) is 0. The molecule has 0 aliphatic heterocycles. The van der Waals surface area contributed by atoms with Gasteiger partial charge in [0.15, 0.2) is 0 Å². The molecule has 4 aromatic carbocycles. The zero-order chi connectivity index (χ0) is 22.7. The van der Waals surface area contributed by atoms with Crippen LogP contribution in [0.15, 0.2) is 97.1 Å². The van der Waals surface area contributed by atoms with Gasteiger partial charge in [0.05, 0.1) is 18.6 Å². The average molecular weight is 439 g/mol. The van der Waals surface area contributed by atoms with Crippen molar-refractivity contribution >= 4 is 0 Å². The van der Waals surface area contributed by atoms with Crippen molar-refractivity contribution in [2.75, 3.05) is 26.4 Å². The molecule has 0 saturated carbocycles. The summed E-state index contributed by atoms with van der Waals surface area (Å²) < 4.78 is 12.1. The smallest absolute Gasteiger partial charge is 0.124 e. The third-order valence-electron chi connectivity index (χ3n) is 6.23. The van der Waals surface area contributed by atoms with E-state index in [1.165, 1.54) is 11.1 Å². The van der Waals surface area contributed by atoms with Crippen LogP contribution in [0.3, 0.4) is 0 Å². The van der Waals surface area contributed by atoms with Gasteiger partial charge in [-0.2, -0.15) is 0 Å². The van der Waals surface area contributed by atoms with Crippen molar-refractivity contribution in [1.82, 2.24) is 0 Å². The molecule has 33 heavy (non-hydrogen) atoms. The molecule has 0 saturated heterocycles. The highest BCUT2D eigenvalue weighted by atomic mass is 16.5. The maximum Gasteiger partial charge on any atom is 0.124 e. The molecule has 5 rings (SSSR count). The molecule has 0 radical (unpaired) electrons. The highest BCUT2D eigenvalue weighted by Crippen LogP contribution is 2.59. The molecule has 0 bridgehead atoms. The number of rotatable bonds is 8. The quantitative estimate of drug-likeness (QED) is 0.366. The Balaban J connectivity index is 1.90. The summed E-state index contributed by atoms with van der Waals surface area (Å²) in [6.07, 6.45) is 0. The lowest BCUT2D eigenvalue weighted by Gasteiger charge is -2.36. The van der Waals surface area contributed by atoms with Crippen molar-refractivity contribution in [3.05, 3.63) is 119 Å². The largest absolute Gasteiger partial charge is 0.491 e. The molecule has 2 N–H and O–H groups in total. The third-order valence-corrected chi connectivity index (χ3v) is 6.23. The van der Waals surface area contributed by atoms with E-state index in [2.05, 4.69) is 60.7 Å². The number of para-hydroxylation sites is 2. The Morgan fingerprint density at radius 2 is 0.848 bits per heavy atom. The van der Waals surface area contributed by atoms with Crippen LogP contribution in [0.1, 0.15) is 22.3 Å². The number of hydrogen-bond acceptors (Lipinski definition) is 4. The predicted molar refractivity (Wildman–Crippen MR) is 129 cm³/mol. The van der Waals surface area contributed by atoms with Crippen molar-refractivity contribution in [2.24, 2.45) is 0 Å². The van der Waals surface area contributed by atoms with Crippen LogP contribution in [-0.4, -0.2) is 36.6 Å². The zero-order valence-corrected chi connectivity index (χ0v) is 18.3. The van der Waals surface area contributed by atoms with Gasteiger partial charge >= 0.3 is 0 Å². The standard InChI is InChI=1S/C29H26O4/c30-17-19-32-27-15-7-5-13-25(27)29(26-14-6-8-16-28(26)33-20-18-31)23-11-3-1-9-21(23)22-10-2-4-12-24(22)29/h1-16,30-31H,17-20H2. The van der Waals surface area contributed by atoms with Gasteiger partial charge < -0.3 is 19.7 Å².